The first-order chi connectivity index (χ1) is 7.18. The average Bonchev–Trinajstić information content (AvgIpc) is 2.26. The number of nitrogens with one attached hydrogen (secondary N) is 1. The standard InChI is InChI=1S/C9H21N2OPS2/c1-4-6-7-10-9-11-13(14,12-3)15-8-5-2/h9H,4-8H2,1-3H3,(H,10,11,14). The van der Waals surface area contributed by atoms with Gasteiger partial charge < -0.3 is 9.61 Å². The quantitative estimate of drug-likeness (QED) is 0.301. The van der Waals surface area contributed by atoms with Gasteiger partial charge in [0.05, 0.1) is 6.34 Å². The van der Waals surface area contributed by atoms with E-state index in [1.165, 1.54) is 6.42 Å². The van der Waals surface area contributed by atoms with E-state index in [1.807, 2.05) is 0 Å². The molecule has 0 aliphatic carbocycles. The molecule has 1 N–H and O–H groups in total. The molecule has 0 aliphatic heterocycles. The molecule has 0 aliphatic rings. The Morgan fingerprint density at radius 3 is 2.73 bits per heavy atom. The van der Waals surface area contributed by atoms with Gasteiger partial charge in [-0.05, 0) is 24.6 Å². The number of rotatable bonds is 9. The maximum atomic E-state index is 5.40. The van der Waals surface area contributed by atoms with Gasteiger partial charge in [0, 0.05) is 19.4 Å². The van der Waals surface area contributed by atoms with Gasteiger partial charge in [-0.25, -0.2) is 0 Å². The zero-order chi connectivity index (χ0) is 11.6. The van der Waals surface area contributed by atoms with Crippen molar-refractivity contribution in [2.75, 3.05) is 19.4 Å². The maximum absolute atomic E-state index is 5.40. The van der Waals surface area contributed by atoms with Gasteiger partial charge in [0.15, 0.2) is 0 Å². The van der Waals surface area contributed by atoms with Gasteiger partial charge in [-0.15, -0.1) is 0 Å². The Morgan fingerprint density at radius 2 is 2.20 bits per heavy atom. The van der Waals surface area contributed by atoms with E-state index < -0.39 is 5.62 Å². The van der Waals surface area contributed by atoms with E-state index in [0.29, 0.717) is 0 Å². The Balaban J connectivity index is 3.86. The summed E-state index contributed by atoms with van der Waals surface area (Å²) in [6.07, 6.45) is 5.11. The summed E-state index contributed by atoms with van der Waals surface area (Å²) in [6, 6.07) is 0. The second-order valence-corrected chi connectivity index (χ2v) is 9.87. The first-order valence-corrected chi connectivity index (χ1v) is 9.56. The van der Waals surface area contributed by atoms with Gasteiger partial charge in [0.1, 0.15) is 0 Å². The molecule has 0 saturated carbocycles. The third kappa shape index (κ3) is 8.26. The molecule has 0 rings (SSSR count). The van der Waals surface area contributed by atoms with E-state index in [0.717, 1.165) is 25.1 Å². The normalized spacial score (nSPS) is 15.4. The van der Waals surface area contributed by atoms with Gasteiger partial charge in [0.25, 0.3) is 0 Å². The van der Waals surface area contributed by atoms with Crippen molar-refractivity contribution in [1.29, 1.82) is 0 Å². The summed E-state index contributed by atoms with van der Waals surface area (Å²) in [7, 11) is 1.66. The van der Waals surface area contributed by atoms with Crippen molar-refractivity contribution in [3.8, 4) is 0 Å². The lowest BCUT2D eigenvalue weighted by Gasteiger charge is -2.18. The second kappa shape index (κ2) is 9.64. The summed E-state index contributed by atoms with van der Waals surface area (Å²) in [5, 5.41) is 3.11. The van der Waals surface area contributed by atoms with Crippen molar-refractivity contribution in [2.45, 2.75) is 33.1 Å². The minimum atomic E-state index is -1.91. The lowest BCUT2D eigenvalue weighted by atomic mass is 10.3. The van der Waals surface area contributed by atoms with Crippen LogP contribution < -0.4 is 5.09 Å². The monoisotopic (exact) mass is 268 g/mol. The minimum absolute atomic E-state index is 0.862. The van der Waals surface area contributed by atoms with Gasteiger partial charge in [-0.2, -0.15) is 0 Å². The van der Waals surface area contributed by atoms with Crippen molar-refractivity contribution >= 4 is 35.1 Å². The van der Waals surface area contributed by atoms with Crippen molar-refractivity contribution in [3.05, 3.63) is 0 Å². The molecule has 0 radical (unpaired) electrons. The van der Waals surface area contributed by atoms with Crippen LogP contribution in [0, 0.1) is 0 Å². The van der Waals surface area contributed by atoms with E-state index in [-0.39, 0.29) is 0 Å². The number of nitrogens with zero attached hydrogens (tertiary/aromatic N) is 1. The molecule has 3 nitrogen and oxygen atoms in total. The van der Waals surface area contributed by atoms with Crippen molar-refractivity contribution < 1.29 is 4.52 Å². The predicted octanol–water partition coefficient (Wildman–Crippen LogP) is 3.42. The minimum Gasteiger partial charge on any atom is -0.330 e. The summed E-state index contributed by atoms with van der Waals surface area (Å²) in [5.41, 5.74) is -1.91. The molecule has 0 amide bonds. The van der Waals surface area contributed by atoms with Crippen molar-refractivity contribution in [3.63, 3.8) is 0 Å². The van der Waals surface area contributed by atoms with Crippen LogP contribution >= 0.6 is 17.0 Å². The van der Waals surface area contributed by atoms with Crippen molar-refractivity contribution in [1.82, 2.24) is 5.09 Å². The van der Waals surface area contributed by atoms with E-state index in [9.17, 15) is 0 Å². The van der Waals surface area contributed by atoms with Gasteiger partial charge >= 0.3 is 0 Å². The van der Waals surface area contributed by atoms with Gasteiger partial charge in [-0.1, -0.05) is 31.7 Å². The molecule has 0 fully saturated rings. The Labute approximate surface area is 102 Å². The number of hydrogen-bond donors (Lipinski definition) is 1. The number of hydrogen-bond acceptors (Lipinski definition) is 4. The zero-order valence-corrected chi connectivity index (χ0v) is 12.3. The Kier molecular flexibility index (Phi) is 9.92. The largest absolute Gasteiger partial charge is 0.330 e. The lowest BCUT2D eigenvalue weighted by molar-refractivity contribution is 0.467. The summed E-state index contributed by atoms with van der Waals surface area (Å²) in [6.45, 7) is 5.15. The molecule has 0 aromatic heterocycles. The van der Waals surface area contributed by atoms with E-state index in [2.05, 4.69) is 23.9 Å². The second-order valence-electron chi connectivity index (χ2n) is 3.03. The lowest BCUT2D eigenvalue weighted by Crippen LogP contribution is -2.07. The summed E-state index contributed by atoms with van der Waals surface area (Å²) < 4.78 is 5.33. The van der Waals surface area contributed by atoms with E-state index in [4.69, 9.17) is 16.3 Å². The molecular formula is C9H21N2OPS2. The predicted molar refractivity (Wildman–Crippen MR) is 75.4 cm³/mol. The van der Waals surface area contributed by atoms with Crippen LogP contribution in [0.2, 0.25) is 0 Å². The highest BCUT2D eigenvalue weighted by Crippen LogP contribution is 2.55. The Morgan fingerprint density at radius 1 is 1.47 bits per heavy atom. The molecule has 90 valence electrons. The van der Waals surface area contributed by atoms with Gasteiger partial charge in [0.2, 0.25) is 5.62 Å². The maximum Gasteiger partial charge on any atom is 0.210 e. The topological polar surface area (TPSA) is 33.6 Å². The van der Waals surface area contributed by atoms with Crippen LogP contribution in [0.4, 0.5) is 0 Å². The zero-order valence-electron chi connectivity index (χ0n) is 9.73. The number of unbranched alkanes of at least 4 members (excludes halogenated alkanes) is 1. The van der Waals surface area contributed by atoms with Crippen LogP contribution in [-0.4, -0.2) is 25.7 Å². The first-order valence-electron chi connectivity index (χ1n) is 5.25. The third-order valence-electron chi connectivity index (χ3n) is 1.65. The van der Waals surface area contributed by atoms with E-state index in [1.54, 1.807) is 24.8 Å². The summed E-state index contributed by atoms with van der Waals surface area (Å²) in [4.78, 5) is 4.23. The third-order valence-corrected chi connectivity index (χ3v) is 7.54. The molecule has 0 aromatic carbocycles. The van der Waals surface area contributed by atoms with Gasteiger partial charge in [-0.3, -0.25) is 4.99 Å². The first kappa shape index (κ1) is 15.4. The Hall–Kier alpha value is 0.430. The molecule has 0 heterocycles. The molecule has 0 spiro atoms. The highest BCUT2D eigenvalue weighted by Gasteiger charge is 2.13. The van der Waals surface area contributed by atoms with Crippen LogP contribution in [0.3, 0.4) is 0 Å². The number of aliphatic imine (C=N–C) groups is 1. The van der Waals surface area contributed by atoms with Crippen LogP contribution in [-0.2, 0) is 16.3 Å². The molecular weight excluding hydrogens is 247 g/mol. The summed E-state index contributed by atoms with van der Waals surface area (Å²) >= 11 is 7.08. The molecule has 0 bridgehead atoms. The van der Waals surface area contributed by atoms with Crippen LogP contribution in [0.1, 0.15) is 33.1 Å². The molecule has 0 saturated heterocycles. The molecule has 1 atom stereocenters. The van der Waals surface area contributed by atoms with Crippen LogP contribution in [0.25, 0.3) is 0 Å². The Bertz CT molecular complexity index is 224. The fourth-order valence-electron chi connectivity index (χ4n) is 0.780. The van der Waals surface area contributed by atoms with Crippen LogP contribution in [0.15, 0.2) is 4.99 Å². The fourth-order valence-corrected chi connectivity index (χ4v) is 4.47. The highest BCUT2D eigenvalue weighted by atomic mass is 32.9. The highest BCUT2D eigenvalue weighted by molar-refractivity contribution is 8.68. The van der Waals surface area contributed by atoms with E-state index >= 15 is 0 Å². The van der Waals surface area contributed by atoms with Crippen molar-refractivity contribution in [2.24, 2.45) is 4.99 Å². The van der Waals surface area contributed by atoms with Crippen LogP contribution in [0.5, 0.6) is 0 Å². The smallest absolute Gasteiger partial charge is 0.210 e. The molecule has 15 heavy (non-hydrogen) atoms. The fraction of sp³-hybridized carbons (Fsp3) is 0.889. The summed E-state index contributed by atoms with van der Waals surface area (Å²) in [5.74, 6) is 1.03. The average molecular weight is 268 g/mol. The molecule has 1 unspecified atom stereocenters. The molecule has 6 heteroatoms. The SMILES string of the molecule is CCCC/N=C/NP(=S)(OC)SCCC. The molecule has 0 aromatic rings.